The molecule has 1 aromatic rings. The molecule has 110 valence electrons. The molecule has 20 heavy (non-hydrogen) atoms. The first kappa shape index (κ1) is 15.0. The third-order valence-corrected chi connectivity index (χ3v) is 3.85. The van der Waals surface area contributed by atoms with Crippen LogP contribution in [-0.2, 0) is 16.0 Å². The van der Waals surface area contributed by atoms with E-state index < -0.39 is 0 Å². The van der Waals surface area contributed by atoms with Crippen LogP contribution in [0.1, 0.15) is 30.5 Å². The van der Waals surface area contributed by atoms with Crippen LogP contribution in [0.15, 0.2) is 24.3 Å². The number of ether oxygens (including phenoxy) is 1. The van der Waals surface area contributed by atoms with Crippen molar-refractivity contribution in [1.29, 1.82) is 0 Å². The molecule has 0 heterocycles. The van der Waals surface area contributed by atoms with Gasteiger partial charge in [-0.25, -0.2) is 0 Å². The van der Waals surface area contributed by atoms with Crippen molar-refractivity contribution in [2.75, 3.05) is 27.3 Å². The number of methoxy groups -OCH3 is 1. The van der Waals surface area contributed by atoms with Crippen LogP contribution in [0, 0.1) is 0 Å². The van der Waals surface area contributed by atoms with E-state index in [1.165, 1.54) is 11.1 Å². The monoisotopic (exact) mass is 276 g/mol. The van der Waals surface area contributed by atoms with E-state index in [0.29, 0.717) is 19.2 Å². The maximum atomic E-state index is 12.0. The minimum absolute atomic E-state index is 0.0526. The molecule has 1 amide bonds. The van der Waals surface area contributed by atoms with E-state index >= 15 is 0 Å². The van der Waals surface area contributed by atoms with E-state index in [0.717, 1.165) is 12.8 Å². The second-order valence-corrected chi connectivity index (χ2v) is 5.59. The number of likely N-dealkylation sites (N-methyl/N-ethyl adjacent to an activating group) is 1. The maximum Gasteiger partial charge on any atom is 0.234 e. The van der Waals surface area contributed by atoms with Crippen molar-refractivity contribution in [3.63, 3.8) is 0 Å². The third-order valence-electron chi connectivity index (χ3n) is 3.85. The highest BCUT2D eigenvalue weighted by Crippen LogP contribution is 2.34. The molecule has 2 atom stereocenters. The molecule has 0 saturated carbocycles. The Kier molecular flexibility index (Phi) is 5.15. The summed E-state index contributed by atoms with van der Waals surface area (Å²) in [5.41, 5.74) is 2.78. The van der Waals surface area contributed by atoms with E-state index in [2.05, 4.69) is 34.5 Å². The van der Waals surface area contributed by atoms with Crippen molar-refractivity contribution in [1.82, 2.24) is 10.2 Å². The minimum Gasteiger partial charge on any atom is -0.383 e. The number of nitrogens with zero attached hydrogens (tertiary/aromatic N) is 1. The van der Waals surface area contributed by atoms with Gasteiger partial charge < -0.3 is 10.1 Å². The molecule has 1 N–H and O–H groups in total. The number of aryl methyl sites for hydroxylation is 1. The number of rotatable bonds is 6. The standard InChI is InChI=1S/C16H24N2O2/c1-12(11-20-3)17-16(19)10-18(2)15-9-8-13-6-4-5-7-14(13)15/h4-7,12,15H,8-11H2,1-3H3,(H,17,19). The Bertz CT molecular complexity index is 462. The molecule has 4 nitrogen and oxygen atoms in total. The van der Waals surface area contributed by atoms with Gasteiger partial charge in [-0.15, -0.1) is 0 Å². The Labute approximate surface area is 121 Å². The van der Waals surface area contributed by atoms with Gasteiger partial charge in [0.15, 0.2) is 0 Å². The van der Waals surface area contributed by atoms with Crippen molar-refractivity contribution in [2.45, 2.75) is 31.8 Å². The SMILES string of the molecule is COCC(C)NC(=O)CN(C)C1CCc2ccccc21. The lowest BCUT2D eigenvalue weighted by molar-refractivity contribution is -0.123. The summed E-state index contributed by atoms with van der Waals surface area (Å²) in [7, 11) is 3.66. The number of nitrogens with one attached hydrogen (secondary N) is 1. The zero-order valence-electron chi connectivity index (χ0n) is 12.6. The summed E-state index contributed by atoms with van der Waals surface area (Å²) in [4.78, 5) is 14.1. The number of hydrogen-bond acceptors (Lipinski definition) is 3. The van der Waals surface area contributed by atoms with Crippen LogP contribution in [0.3, 0.4) is 0 Å². The molecule has 0 spiro atoms. The lowest BCUT2D eigenvalue weighted by Gasteiger charge is -2.25. The Morgan fingerprint density at radius 3 is 3.00 bits per heavy atom. The molecule has 0 aromatic heterocycles. The summed E-state index contributed by atoms with van der Waals surface area (Å²) in [6, 6.07) is 8.93. The predicted molar refractivity (Wildman–Crippen MR) is 79.6 cm³/mol. The van der Waals surface area contributed by atoms with Gasteiger partial charge in [-0.1, -0.05) is 24.3 Å². The zero-order chi connectivity index (χ0) is 14.5. The van der Waals surface area contributed by atoms with Gasteiger partial charge in [0.25, 0.3) is 0 Å². The number of carbonyl (C=O) groups is 1. The first-order valence-electron chi connectivity index (χ1n) is 7.18. The first-order chi connectivity index (χ1) is 9.61. The molecule has 1 aromatic carbocycles. The predicted octanol–water partition coefficient (Wildman–Crippen LogP) is 1.76. The maximum absolute atomic E-state index is 12.0. The van der Waals surface area contributed by atoms with Gasteiger partial charge >= 0.3 is 0 Å². The molecule has 0 saturated heterocycles. The summed E-state index contributed by atoms with van der Waals surface area (Å²) in [6.07, 6.45) is 2.20. The van der Waals surface area contributed by atoms with E-state index in [9.17, 15) is 4.79 Å². The molecular weight excluding hydrogens is 252 g/mol. The summed E-state index contributed by atoms with van der Waals surface area (Å²) in [5.74, 6) is 0.0569. The van der Waals surface area contributed by atoms with Crippen LogP contribution in [0.2, 0.25) is 0 Å². The lowest BCUT2D eigenvalue weighted by atomic mass is 10.1. The van der Waals surface area contributed by atoms with E-state index in [4.69, 9.17) is 4.74 Å². The fraction of sp³-hybridized carbons (Fsp3) is 0.562. The fourth-order valence-corrected chi connectivity index (χ4v) is 2.94. The number of hydrogen-bond donors (Lipinski definition) is 1. The van der Waals surface area contributed by atoms with Crippen LogP contribution in [0.25, 0.3) is 0 Å². The highest BCUT2D eigenvalue weighted by molar-refractivity contribution is 5.78. The van der Waals surface area contributed by atoms with E-state index in [-0.39, 0.29) is 11.9 Å². The fourth-order valence-electron chi connectivity index (χ4n) is 2.94. The van der Waals surface area contributed by atoms with Gasteiger partial charge in [-0.3, -0.25) is 9.69 Å². The highest BCUT2D eigenvalue weighted by atomic mass is 16.5. The molecule has 0 bridgehead atoms. The van der Waals surface area contributed by atoms with Crippen LogP contribution < -0.4 is 5.32 Å². The average Bonchev–Trinajstić information content (AvgIpc) is 2.82. The summed E-state index contributed by atoms with van der Waals surface area (Å²) in [5, 5.41) is 2.95. The number of amides is 1. The molecule has 2 unspecified atom stereocenters. The van der Waals surface area contributed by atoms with Gasteiger partial charge in [0.05, 0.1) is 13.2 Å². The number of fused-ring (bicyclic) bond motifs is 1. The van der Waals surface area contributed by atoms with Gasteiger partial charge in [-0.2, -0.15) is 0 Å². The van der Waals surface area contributed by atoms with Crippen LogP contribution >= 0.6 is 0 Å². The van der Waals surface area contributed by atoms with E-state index in [1.54, 1.807) is 7.11 Å². The summed E-state index contributed by atoms with van der Waals surface area (Å²) < 4.78 is 5.03. The van der Waals surface area contributed by atoms with E-state index in [1.807, 2.05) is 14.0 Å². The average molecular weight is 276 g/mol. The third kappa shape index (κ3) is 3.58. The quantitative estimate of drug-likeness (QED) is 0.861. The summed E-state index contributed by atoms with van der Waals surface area (Å²) >= 11 is 0. The number of benzene rings is 1. The topological polar surface area (TPSA) is 41.6 Å². The van der Waals surface area contributed by atoms with Gasteiger partial charge in [0.1, 0.15) is 0 Å². The Balaban J connectivity index is 1.90. The second-order valence-electron chi connectivity index (χ2n) is 5.59. The molecule has 1 aliphatic rings. The molecule has 1 aliphatic carbocycles. The highest BCUT2D eigenvalue weighted by Gasteiger charge is 2.26. The molecule has 0 fully saturated rings. The second kappa shape index (κ2) is 6.86. The molecule has 0 aliphatic heterocycles. The molecule has 4 heteroatoms. The minimum atomic E-state index is 0.0526. The Morgan fingerprint density at radius 1 is 1.50 bits per heavy atom. The van der Waals surface area contributed by atoms with Gasteiger partial charge in [-0.05, 0) is 37.9 Å². The summed E-state index contributed by atoms with van der Waals surface area (Å²) in [6.45, 7) is 2.92. The zero-order valence-corrected chi connectivity index (χ0v) is 12.6. The van der Waals surface area contributed by atoms with Crippen molar-refractivity contribution in [2.24, 2.45) is 0 Å². The molecular formula is C16H24N2O2. The largest absolute Gasteiger partial charge is 0.383 e. The molecule has 0 radical (unpaired) electrons. The molecule has 2 rings (SSSR count). The van der Waals surface area contributed by atoms with Crippen LogP contribution in [-0.4, -0.2) is 44.2 Å². The van der Waals surface area contributed by atoms with Crippen LogP contribution in [0.4, 0.5) is 0 Å². The van der Waals surface area contributed by atoms with Crippen molar-refractivity contribution >= 4 is 5.91 Å². The van der Waals surface area contributed by atoms with Crippen LogP contribution in [0.5, 0.6) is 0 Å². The van der Waals surface area contributed by atoms with Crippen molar-refractivity contribution < 1.29 is 9.53 Å². The normalized spacial score (nSPS) is 18.9. The Morgan fingerprint density at radius 2 is 2.25 bits per heavy atom. The van der Waals surface area contributed by atoms with Gasteiger partial charge in [0.2, 0.25) is 5.91 Å². The number of carbonyl (C=O) groups excluding carboxylic acids is 1. The van der Waals surface area contributed by atoms with Crippen molar-refractivity contribution in [3.8, 4) is 0 Å². The van der Waals surface area contributed by atoms with Gasteiger partial charge in [0, 0.05) is 19.2 Å². The smallest absolute Gasteiger partial charge is 0.234 e. The van der Waals surface area contributed by atoms with Crippen molar-refractivity contribution in [3.05, 3.63) is 35.4 Å². The lowest BCUT2D eigenvalue weighted by Crippen LogP contribution is -2.42. The first-order valence-corrected chi connectivity index (χ1v) is 7.18. The Hall–Kier alpha value is -1.39.